The van der Waals surface area contributed by atoms with E-state index in [2.05, 4.69) is 10.6 Å². The zero-order valence-corrected chi connectivity index (χ0v) is 12.3. The number of carbonyl (C=O) groups excluding carboxylic acids is 3. The van der Waals surface area contributed by atoms with E-state index in [1.165, 1.54) is 13.0 Å². The molecule has 1 aromatic rings. The predicted molar refractivity (Wildman–Crippen MR) is 80.7 cm³/mol. The molecule has 0 saturated heterocycles. The number of nitriles is 1. The number of anilines is 1. The van der Waals surface area contributed by atoms with Crippen molar-refractivity contribution >= 4 is 23.4 Å². The molecule has 0 radical (unpaired) electrons. The van der Waals surface area contributed by atoms with Gasteiger partial charge in [0.15, 0.2) is 0 Å². The van der Waals surface area contributed by atoms with Crippen molar-refractivity contribution in [3.05, 3.63) is 29.8 Å². The molecule has 1 aromatic carbocycles. The summed E-state index contributed by atoms with van der Waals surface area (Å²) in [6, 6.07) is 7.48. The topological polar surface area (TPSA) is 125 Å². The fraction of sp³-hybridized carbons (Fsp3) is 0.333. The van der Waals surface area contributed by atoms with Gasteiger partial charge in [0.05, 0.1) is 6.07 Å². The molecule has 0 aromatic heterocycles. The zero-order valence-electron chi connectivity index (χ0n) is 12.3. The monoisotopic (exact) mass is 302 g/mol. The Bertz CT molecular complexity index is 607. The van der Waals surface area contributed by atoms with E-state index in [9.17, 15) is 14.4 Å². The predicted octanol–water partition coefficient (Wildman–Crippen LogP) is 0.923. The second-order valence-electron chi connectivity index (χ2n) is 4.74. The van der Waals surface area contributed by atoms with Crippen molar-refractivity contribution in [1.82, 2.24) is 5.32 Å². The van der Waals surface area contributed by atoms with E-state index in [4.69, 9.17) is 11.0 Å². The molecule has 4 N–H and O–H groups in total. The Morgan fingerprint density at radius 1 is 1.36 bits per heavy atom. The molecule has 0 aliphatic heterocycles. The quantitative estimate of drug-likeness (QED) is 0.647. The van der Waals surface area contributed by atoms with Crippen molar-refractivity contribution in [2.75, 3.05) is 5.32 Å². The van der Waals surface area contributed by atoms with Crippen LogP contribution in [0.2, 0.25) is 0 Å². The van der Waals surface area contributed by atoms with Gasteiger partial charge in [-0.3, -0.25) is 14.4 Å². The van der Waals surface area contributed by atoms with Gasteiger partial charge in [0.1, 0.15) is 6.04 Å². The van der Waals surface area contributed by atoms with Crippen LogP contribution in [0.1, 0.15) is 36.5 Å². The maximum atomic E-state index is 12.1. The molecule has 116 valence electrons. The summed E-state index contributed by atoms with van der Waals surface area (Å²) in [5, 5.41) is 13.6. The molecule has 0 saturated carbocycles. The first kappa shape index (κ1) is 17.2. The molecule has 0 heterocycles. The van der Waals surface area contributed by atoms with Crippen molar-refractivity contribution < 1.29 is 14.4 Å². The molecule has 1 atom stereocenters. The zero-order chi connectivity index (χ0) is 16.5. The van der Waals surface area contributed by atoms with Crippen LogP contribution in [0.3, 0.4) is 0 Å². The van der Waals surface area contributed by atoms with Crippen LogP contribution in [0.25, 0.3) is 0 Å². The Morgan fingerprint density at radius 2 is 2.09 bits per heavy atom. The van der Waals surface area contributed by atoms with Crippen LogP contribution >= 0.6 is 0 Å². The number of primary amides is 1. The number of benzene rings is 1. The number of carbonyl (C=O) groups is 3. The summed E-state index contributed by atoms with van der Waals surface area (Å²) in [6.45, 7) is 1.37. The summed E-state index contributed by atoms with van der Waals surface area (Å²) >= 11 is 0. The standard InChI is InChI=1S/C15H18N4O3/c1-10(20)18-12-6-4-5-11(9-12)15(22)19-13(14(17)21)7-2-3-8-16/h4-6,9,13H,2-3,7H2,1H3,(H2,17,21)(H,18,20)(H,19,22)/t13-/m0/s1. The minimum Gasteiger partial charge on any atom is -0.368 e. The highest BCUT2D eigenvalue weighted by Gasteiger charge is 2.18. The molecule has 22 heavy (non-hydrogen) atoms. The van der Waals surface area contributed by atoms with Crippen LogP contribution < -0.4 is 16.4 Å². The van der Waals surface area contributed by atoms with Gasteiger partial charge >= 0.3 is 0 Å². The highest BCUT2D eigenvalue weighted by Crippen LogP contribution is 2.11. The Kier molecular flexibility index (Phi) is 6.57. The highest BCUT2D eigenvalue weighted by molar-refractivity contribution is 5.99. The van der Waals surface area contributed by atoms with Crippen molar-refractivity contribution in [3.8, 4) is 6.07 Å². The SMILES string of the molecule is CC(=O)Nc1cccc(C(=O)N[C@@H](CCCC#N)C(N)=O)c1. The largest absolute Gasteiger partial charge is 0.368 e. The molecule has 7 nitrogen and oxygen atoms in total. The average molecular weight is 302 g/mol. The average Bonchev–Trinajstić information content (AvgIpc) is 2.45. The summed E-state index contributed by atoms with van der Waals surface area (Å²) in [5.41, 5.74) is 6.04. The first-order valence-electron chi connectivity index (χ1n) is 6.79. The third kappa shape index (κ3) is 5.63. The van der Waals surface area contributed by atoms with Crippen LogP contribution in [0.5, 0.6) is 0 Å². The van der Waals surface area contributed by atoms with Gasteiger partial charge in [0.2, 0.25) is 11.8 Å². The number of amides is 3. The fourth-order valence-corrected chi connectivity index (χ4v) is 1.85. The van der Waals surface area contributed by atoms with E-state index in [1.807, 2.05) is 6.07 Å². The summed E-state index contributed by atoms with van der Waals surface area (Å²) in [7, 11) is 0. The fourth-order valence-electron chi connectivity index (χ4n) is 1.85. The number of nitrogens with two attached hydrogens (primary N) is 1. The van der Waals surface area contributed by atoms with Crippen molar-refractivity contribution in [2.24, 2.45) is 5.73 Å². The second-order valence-corrected chi connectivity index (χ2v) is 4.74. The molecule has 3 amide bonds. The molecular weight excluding hydrogens is 284 g/mol. The number of rotatable bonds is 7. The maximum Gasteiger partial charge on any atom is 0.252 e. The molecule has 1 rings (SSSR count). The normalized spacial score (nSPS) is 11.1. The van der Waals surface area contributed by atoms with E-state index in [0.717, 1.165) is 0 Å². The molecule has 7 heteroatoms. The Balaban J connectivity index is 2.75. The lowest BCUT2D eigenvalue weighted by atomic mass is 10.1. The molecule has 0 fully saturated rings. The summed E-state index contributed by atoms with van der Waals surface area (Å²) in [5.74, 6) is -1.36. The van der Waals surface area contributed by atoms with Crippen molar-refractivity contribution in [2.45, 2.75) is 32.2 Å². The van der Waals surface area contributed by atoms with Crippen LogP contribution in [-0.2, 0) is 9.59 Å². The van der Waals surface area contributed by atoms with E-state index in [-0.39, 0.29) is 12.3 Å². The van der Waals surface area contributed by atoms with E-state index in [0.29, 0.717) is 24.1 Å². The maximum absolute atomic E-state index is 12.1. The smallest absolute Gasteiger partial charge is 0.252 e. The van der Waals surface area contributed by atoms with Gasteiger partial charge in [0.25, 0.3) is 5.91 Å². The number of hydrogen-bond donors (Lipinski definition) is 3. The molecule has 0 aliphatic rings. The molecule has 0 bridgehead atoms. The third-order valence-electron chi connectivity index (χ3n) is 2.88. The molecule has 0 unspecified atom stereocenters. The van der Waals surface area contributed by atoms with Gasteiger partial charge in [-0.05, 0) is 31.0 Å². The summed E-state index contributed by atoms with van der Waals surface area (Å²) in [4.78, 5) is 34.5. The first-order valence-corrected chi connectivity index (χ1v) is 6.79. The Labute approximate surface area is 128 Å². The van der Waals surface area contributed by atoms with Gasteiger partial charge in [-0.2, -0.15) is 5.26 Å². The second kappa shape index (κ2) is 8.42. The van der Waals surface area contributed by atoms with Crippen LogP contribution in [0.4, 0.5) is 5.69 Å². The lowest BCUT2D eigenvalue weighted by Gasteiger charge is -2.15. The van der Waals surface area contributed by atoms with Crippen molar-refractivity contribution in [3.63, 3.8) is 0 Å². The number of unbranched alkanes of at least 4 members (excludes halogenated alkanes) is 1. The lowest BCUT2D eigenvalue weighted by Crippen LogP contribution is -2.44. The van der Waals surface area contributed by atoms with E-state index >= 15 is 0 Å². The number of nitrogens with one attached hydrogen (secondary N) is 2. The molecule has 0 aliphatic carbocycles. The number of hydrogen-bond acceptors (Lipinski definition) is 4. The molecular formula is C15H18N4O3. The Morgan fingerprint density at radius 3 is 2.68 bits per heavy atom. The highest BCUT2D eigenvalue weighted by atomic mass is 16.2. The van der Waals surface area contributed by atoms with Gasteiger partial charge in [-0.25, -0.2) is 0 Å². The minimum atomic E-state index is -0.828. The van der Waals surface area contributed by atoms with Gasteiger partial charge < -0.3 is 16.4 Å². The van der Waals surface area contributed by atoms with Gasteiger partial charge in [-0.15, -0.1) is 0 Å². The van der Waals surface area contributed by atoms with Crippen LogP contribution in [-0.4, -0.2) is 23.8 Å². The van der Waals surface area contributed by atoms with E-state index in [1.54, 1.807) is 18.2 Å². The first-order chi connectivity index (χ1) is 10.4. The minimum absolute atomic E-state index is 0.246. The van der Waals surface area contributed by atoms with Gasteiger partial charge in [0, 0.05) is 24.6 Å². The number of nitrogens with zero attached hydrogens (tertiary/aromatic N) is 1. The van der Waals surface area contributed by atoms with Crippen LogP contribution in [0, 0.1) is 11.3 Å². The van der Waals surface area contributed by atoms with Crippen LogP contribution in [0.15, 0.2) is 24.3 Å². The molecule has 0 spiro atoms. The van der Waals surface area contributed by atoms with E-state index < -0.39 is 17.9 Å². The Hall–Kier alpha value is -2.88. The van der Waals surface area contributed by atoms with Gasteiger partial charge in [-0.1, -0.05) is 6.07 Å². The van der Waals surface area contributed by atoms with Crippen molar-refractivity contribution in [1.29, 1.82) is 5.26 Å². The summed E-state index contributed by atoms with van der Waals surface area (Å²) < 4.78 is 0. The summed E-state index contributed by atoms with van der Waals surface area (Å²) in [6.07, 6.45) is 1.06. The third-order valence-corrected chi connectivity index (χ3v) is 2.88. The lowest BCUT2D eigenvalue weighted by molar-refractivity contribution is -0.120.